The molecule has 1 aromatic rings. The second-order valence-electron chi connectivity index (χ2n) is 3.50. The third-order valence-electron chi connectivity index (χ3n) is 2.16. The molecule has 0 aliphatic carbocycles. The van der Waals surface area contributed by atoms with Crippen molar-refractivity contribution < 1.29 is 9.18 Å². The number of rotatable bonds is 5. The van der Waals surface area contributed by atoms with E-state index in [4.69, 9.17) is 5.26 Å². The van der Waals surface area contributed by atoms with Crippen molar-refractivity contribution in [1.82, 2.24) is 0 Å². The van der Waals surface area contributed by atoms with Gasteiger partial charge < -0.3 is 5.32 Å². The number of amides is 1. The van der Waals surface area contributed by atoms with Gasteiger partial charge in [0.2, 0.25) is 5.91 Å². The average Bonchev–Trinajstić information content (AvgIpc) is 2.32. The first-order valence-corrected chi connectivity index (χ1v) is 6.35. The molecule has 0 radical (unpaired) electrons. The van der Waals surface area contributed by atoms with E-state index < -0.39 is 5.82 Å². The van der Waals surface area contributed by atoms with E-state index in [0.717, 1.165) is 24.2 Å². The van der Waals surface area contributed by atoms with Crippen molar-refractivity contribution in [3.63, 3.8) is 0 Å². The first kappa shape index (κ1) is 13.7. The fourth-order valence-electron chi connectivity index (χ4n) is 1.28. The summed E-state index contributed by atoms with van der Waals surface area (Å²) in [6.07, 6.45) is 2.03. The lowest BCUT2D eigenvalue weighted by Gasteiger charge is -2.06. The molecule has 3 nitrogen and oxygen atoms in total. The van der Waals surface area contributed by atoms with Crippen LogP contribution in [0.1, 0.15) is 24.8 Å². The van der Waals surface area contributed by atoms with Crippen molar-refractivity contribution in [1.29, 1.82) is 5.26 Å². The summed E-state index contributed by atoms with van der Waals surface area (Å²) in [5.74, 6) is -0.799. The van der Waals surface area contributed by atoms with Gasteiger partial charge in [0, 0.05) is 11.8 Å². The van der Waals surface area contributed by atoms with E-state index in [1.807, 2.05) is 6.07 Å². The van der Waals surface area contributed by atoms with Crippen LogP contribution in [0.5, 0.6) is 0 Å². The maximum Gasteiger partial charge on any atom is 0.224 e. The second kappa shape index (κ2) is 7.02. The molecular weight excluding hydrogens is 287 g/mol. The van der Waals surface area contributed by atoms with Crippen LogP contribution >= 0.6 is 15.9 Å². The van der Waals surface area contributed by atoms with Crippen molar-refractivity contribution in [3.8, 4) is 6.07 Å². The largest absolute Gasteiger partial charge is 0.324 e. The Morgan fingerprint density at radius 2 is 2.24 bits per heavy atom. The Morgan fingerprint density at radius 1 is 1.47 bits per heavy atom. The second-order valence-corrected chi connectivity index (χ2v) is 4.29. The summed E-state index contributed by atoms with van der Waals surface area (Å²) >= 11 is 3.27. The summed E-state index contributed by atoms with van der Waals surface area (Å²) in [5, 5.41) is 11.9. The first-order valence-electron chi connectivity index (χ1n) is 5.23. The molecule has 0 saturated heterocycles. The summed E-state index contributed by atoms with van der Waals surface area (Å²) in [4.78, 5) is 11.4. The Bertz CT molecular complexity index is 443. The van der Waals surface area contributed by atoms with E-state index in [0.29, 0.717) is 6.42 Å². The predicted molar refractivity (Wildman–Crippen MR) is 67.4 cm³/mol. The Morgan fingerprint density at radius 3 is 2.82 bits per heavy atom. The van der Waals surface area contributed by atoms with Gasteiger partial charge >= 0.3 is 0 Å². The minimum absolute atomic E-state index is 0.118. The van der Waals surface area contributed by atoms with Crippen LogP contribution in [-0.2, 0) is 4.79 Å². The molecule has 0 aromatic heterocycles. The number of nitrogens with one attached hydrogen (secondary N) is 1. The Kier molecular flexibility index (Phi) is 5.64. The Hall–Kier alpha value is -1.41. The number of halogens is 2. The highest BCUT2D eigenvalue weighted by Crippen LogP contribution is 2.15. The van der Waals surface area contributed by atoms with E-state index in [9.17, 15) is 9.18 Å². The van der Waals surface area contributed by atoms with Gasteiger partial charge in [0.15, 0.2) is 0 Å². The quantitative estimate of drug-likeness (QED) is 0.670. The van der Waals surface area contributed by atoms with Crippen LogP contribution in [0.25, 0.3) is 0 Å². The number of nitrogens with zero attached hydrogens (tertiary/aromatic N) is 1. The van der Waals surface area contributed by atoms with Gasteiger partial charge in [-0.1, -0.05) is 15.9 Å². The third kappa shape index (κ3) is 4.53. The fraction of sp³-hybridized carbons (Fsp3) is 0.333. The molecule has 0 bridgehead atoms. The van der Waals surface area contributed by atoms with Crippen LogP contribution in [-0.4, -0.2) is 11.2 Å². The van der Waals surface area contributed by atoms with E-state index in [1.165, 1.54) is 12.1 Å². The highest BCUT2D eigenvalue weighted by molar-refractivity contribution is 9.09. The van der Waals surface area contributed by atoms with E-state index in [2.05, 4.69) is 21.2 Å². The Balaban J connectivity index is 2.57. The molecular formula is C12H12BrFN2O. The number of alkyl halides is 1. The average molecular weight is 299 g/mol. The molecule has 90 valence electrons. The smallest absolute Gasteiger partial charge is 0.224 e. The van der Waals surface area contributed by atoms with Gasteiger partial charge in [-0.25, -0.2) is 4.39 Å². The number of unbranched alkanes of at least 4 members (excludes halogenated alkanes) is 1. The SMILES string of the molecule is N#Cc1ccc(NC(=O)CCCCBr)c(F)c1. The van der Waals surface area contributed by atoms with Crippen LogP contribution in [0.2, 0.25) is 0 Å². The van der Waals surface area contributed by atoms with E-state index in [-0.39, 0.29) is 17.2 Å². The summed E-state index contributed by atoms with van der Waals surface area (Å²) in [6.45, 7) is 0. The van der Waals surface area contributed by atoms with Crippen LogP contribution in [0.3, 0.4) is 0 Å². The summed E-state index contributed by atoms with van der Waals surface area (Å²) < 4.78 is 13.4. The normalized spacial score (nSPS) is 9.71. The molecule has 0 atom stereocenters. The third-order valence-corrected chi connectivity index (χ3v) is 2.72. The molecule has 0 aliphatic rings. The van der Waals surface area contributed by atoms with Gasteiger partial charge in [0.05, 0.1) is 17.3 Å². The zero-order valence-electron chi connectivity index (χ0n) is 9.17. The zero-order valence-corrected chi connectivity index (χ0v) is 10.8. The van der Waals surface area contributed by atoms with Crippen LogP contribution in [0.4, 0.5) is 10.1 Å². The van der Waals surface area contributed by atoms with Gasteiger partial charge in [0.25, 0.3) is 0 Å². The number of carbonyl (C=O) groups excluding carboxylic acids is 1. The van der Waals surface area contributed by atoms with Gasteiger partial charge in [-0.3, -0.25) is 4.79 Å². The van der Waals surface area contributed by atoms with Crippen molar-refractivity contribution in [2.75, 3.05) is 10.6 Å². The maximum absolute atomic E-state index is 13.4. The molecule has 1 amide bonds. The monoisotopic (exact) mass is 298 g/mol. The molecule has 5 heteroatoms. The molecule has 1 N–H and O–H groups in total. The van der Waals surface area contributed by atoms with Gasteiger partial charge in [0.1, 0.15) is 5.82 Å². The standard InChI is InChI=1S/C12H12BrFN2O/c13-6-2-1-3-12(17)16-11-5-4-9(8-15)7-10(11)14/h4-5,7H,1-3,6H2,(H,16,17). The number of carbonyl (C=O) groups is 1. The van der Waals surface area contributed by atoms with Crippen LogP contribution in [0.15, 0.2) is 18.2 Å². The fourth-order valence-corrected chi connectivity index (χ4v) is 1.68. The number of hydrogen-bond acceptors (Lipinski definition) is 2. The molecule has 0 heterocycles. The predicted octanol–water partition coefficient (Wildman–Crippen LogP) is 3.20. The molecule has 1 aromatic carbocycles. The summed E-state index contributed by atoms with van der Waals surface area (Å²) in [6, 6.07) is 5.81. The summed E-state index contributed by atoms with van der Waals surface area (Å²) in [5.41, 5.74) is 0.354. The van der Waals surface area contributed by atoms with E-state index in [1.54, 1.807) is 0 Å². The van der Waals surface area contributed by atoms with Gasteiger partial charge in [-0.2, -0.15) is 5.26 Å². The highest BCUT2D eigenvalue weighted by Gasteiger charge is 2.07. The molecule has 17 heavy (non-hydrogen) atoms. The lowest BCUT2D eigenvalue weighted by atomic mass is 10.2. The first-order chi connectivity index (χ1) is 8.17. The van der Waals surface area contributed by atoms with Gasteiger partial charge in [-0.05, 0) is 31.0 Å². The molecule has 0 saturated carbocycles. The topological polar surface area (TPSA) is 52.9 Å². The molecule has 1 rings (SSSR count). The van der Waals surface area contributed by atoms with E-state index >= 15 is 0 Å². The highest BCUT2D eigenvalue weighted by atomic mass is 79.9. The van der Waals surface area contributed by atoms with Crippen molar-refractivity contribution >= 4 is 27.5 Å². The van der Waals surface area contributed by atoms with Crippen molar-refractivity contribution in [2.45, 2.75) is 19.3 Å². The van der Waals surface area contributed by atoms with Crippen molar-refractivity contribution in [2.24, 2.45) is 0 Å². The molecule has 0 aliphatic heterocycles. The van der Waals surface area contributed by atoms with Crippen molar-refractivity contribution in [3.05, 3.63) is 29.6 Å². The minimum atomic E-state index is -0.585. The molecule has 0 spiro atoms. The summed E-state index contributed by atoms with van der Waals surface area (Å²) in [7, 11) is 0. The number of benzene rings is 1. The van der Waals surface area contributed by atoms with Crippen LogP contribution < -0.4 is 5.32 Å². The number of nitriles is 1. The Labute approximate surface area is 108 Å². The zero-order chi connectivity index (χ0) is 12.7. The molecule has 0 unspecified atom stereocenters. The number of hydrogen-bond donors (Lipinski definition) is 1. The van der Waals surface area contributed by atoms with Crippen LogP contribution in [0, 0.1) is 17.1 Å². The molecule has 0 fully saturated rings. The lowest BCUT2D eigenvalue weighted by molar-refractivity contribution is -0.116. The number of anilines is 1. The maximum atomic E-state index is 13.4. The van der Waals surface area contributed by atoms with Gasteiger partial charge in [-0.15, -0.1) is 0 Å². The lowest BCUT2D eigenvalue weighted by Crippen LogP contribution is -2.12. The minimum Gasteiger partial charge on any atom is -0.324 e.